The third kappa shape index (κ3) is 5.29. The van der Waals surface area contributed by atoms with E-state index >= 15 is 0 Å². The number of benzene rings is 2. The molecule has 4 rings (SSSR count). The van der Waals surface area contributed by atoms with Crippen LogP contribution in [0.2, 0.25) is 0 Å². The lowest BCUT2D eigenvalue weighted by Gasteiger charge is -2.12. The lowest BCUT2D eigenvalue weighted by molar-refractivity contribution is 0.0907. The Hall–Kier alpha value is -4.34. The van der Waals surface area contributed by atoms with Crippen molar-refractivity contribution in [3.05, 3.63) is 94.1 Å². The second-order valence-corrected chi connectivity index (χ2v) is 7.48. The summed E-state index contributed by atoms with van der Waals surface area (Å²) < 4.78 is 19.4. The standard InChI is InChI=1S/C23H21FN6O3/c1-29(2)18-9-3-15(4-10-18)13-25-22(32)23-26-20(28-33-23)14-30-21(31)12-11-19(27-30)16-5-7-17(24)8-6-16/h3-12H,13-14H2,1-2H3,(H,25,32). The zero-order valence-electron chi connectivity index (χ0n) is 18.0. The van der Waals surface area contributed by atoms with Crippen LogP contribution in [0, 0.1) is 5.82 Å². The smallest absolute Gasteiger partial charge is 0.316 e. The number of halogens is 1. The van der Waals surface area contributed by atoms with Crippen molar-refractivity contribution in [1.29, 1.82) is 0 Å². The van der Waals surface area contributed by atoms with Crippen LogP contribution in [0.1, 0.15) is 22.1 Å². The van der Waals surface area contributed by atoms with Crippen LogP contribution in [0.5, 0.6) is 0 Å². The van der Waals surface area contributed by atoms with E-state index in [0.717, 1.165) is 15.9 Å². The zero-order chi connectivity index (χ0) is 23.4. The van der Waals surface area contributed by atoms with E-state index in [1.165, 1.54) is 18.2 Å². The van der Waals surface area contributed by atoms with Gasteiger partial charge in [-0.25, -0.2) is 9.07 Å². The molecule has 168 valence electrons. The van der Waals surface area contributed by atoms with Crippen molar-refractivity contribution in [2.24, 2.45) is 0 Å². The fraction of sp³-hybridized carbons (Fsp3) is 0.174. The van der Waals surface area contributed by atoms with Gasteiger partial charge in [0.15, 0.2) is 5.82 Å². The number of nitrogens with one attached hydrogen (secondary N) is 1. The number of carbonyl (C=O) groups is 1. The number of anilines is 1. The molecule has 0 saturated heterocycles. The lowest BCUT2D eigenvalue weighted by Crippen LogP contribution is -2.24. The molecule has 1 amide bonds. The van der Waals surface area contributed by atoms with Crippen molar-refractivity contribution in [2.75, 3.05) is 19.0 Å². The monoisotopic (exact) mass is 448 g/mol. The molecule has 2 heterocycles. The van der Waals surface area contributed by atoms with Crippen molar-refractivity contribution >= 4 is 11.6 Å². The molecule has 0 saturated carbocycles. The van der Waals surface area contributed by atoms with E-state index in [2.05, 4.69) is 20.6 Å². The minimum Gasteiger partial charge on any atom is -0.378 e. The van der Waals surface area contributed by atoms with E-state index in [0.29, 0.717) is 17.8 Å². The highest BCUT2D eigenvalue weighted by Gasteiger charge is 2.16. The summed E-state index contributed by atoms with van der Waals surface area (Å²) >= 11 is 0. The van der Waals surface area contributed by atoms with E-state index in [1.54, 1.807) is 18.2 Å². The van der Waals surface area contributed by atoms with Gasteiger partial charge in [0.25, 0.3) is 5.56 Å². The quantitative estimate of drug-likeness (QED) is 0.463. The van der Waals surface area contributed by atoms with Crippen LogP contribution in [0.3, 0.4) is 0 Å². The van der Waals surface area contributed by atoms with Gasteiger partial charge in [-0.3, -0.25) is 9.59 Å². The molecule has 33 heavy (non-hydrogen) atoms. The Morgan fingerprint density at radius 3 is 2.48 bits per heavy atom. The van der Waals surface area contributed by atoms with Crippen LogP contribution >= 0.6 is 0 Å². The van der Waals surface area contributed by atoms with Crippen LogP contribution in [-0.4, -0.2) is 39.9 Å². The molecule has 9 nitrogen and oxygen atoms in total. The van der Waals surface area contributed by atoms with E-state index < -0.39 is 5.91 Å². The molecule has 2 aromatic heterocycles. The summed E-state index contributed by atoms with van der Waals surface area (Å²) in [6.07, 6.45) is 0. The molecule has 0 spiro atoms. The molecular formula is C23H21FN6O3. The van der Waals surface area contributed by atoms with E-state index in [9.17, 15) is 14.0 Å². The zero-order valence-corrected chi connectivity index (χ0v) is 18.0. The highest BCUT2D eigenvalue weighted by molar-refractivity contribution is 5.89. The van der Waals surface area contributed by atoms with Gasteiger partial charge in [-0.05, 0) is 48.0 Å². The van der Waals surface area contributed by atoms with Crippen molar-refractivity contribution < 1.29 is 13.7 Å². The first-order valence-electron chi connectivity index (χ1n) is 10.1. The maximum absolute atomic E-state index is 13.2. The number of nitrogens with zero attached hydrogens (tertiary/aromatic N) is 5. The molecule has 0 unspecified atom stereocenters. The summed E-state index contributed by atoms with van der Waals surface area (Å²) in [4.78, 5) is 30.6. The fourth-order valence-corrected chi connectivity index (χ4v) is 3.05. The maximum atomic E-state index is 13.2. The van der Waals surface area contributed by atoms with Gasteiger partial charge >= 0.3 is 11.8 Å². The number of hydrogen-bond donors (Lipinski definition) is 1. The number of aromatic nitrogens is 4. The maximum Gasteiger partial charge on any atom is 0.316 e. The first-order valence-corrected chi connectivity index (χ1v) is 10.1. The van der Waals surface area contributed by atoms with Gasteiger partial charge in [0.1, 0.15) is 12.4 Å². The Labute approximate surface area is 188 Å². The molecule has 10 heteroatoms. The van der Waals surface area contributed by atoms with Gasteiger partial charge in [0.2, 0.25) is 0 Å². The first-order chi connectivity index (χ1) is 15.9. The summed E-state index contributed by atoms with van der Waals surface area (Å²) in [6, 6.07) is 16.4. The number of carbonyl (C=O) groups excluding carboxylic acids is 1. The average molecular weight is 448 g/mol. The predicted octanol–water partition coefficient (Wildman–Crippen LogP) is 2.48. The van der Waals surface area contributed by atoms with E-state index in [1.807, 2.05) is 43.3 Å². The third-order valence-corrected chi connectivity index (χ3v) is 4.87. The molecular weight excluding hydrogens is 427 g/mol. The number of amides is 1. The number of hydrogen-bond acceptors (Lipinski definition) is 7. The topological polar surface area (TPSA) is 106 Å². The van der Waals surface area contributed by atoms with Crippen LogP contribution in [-0.2, 0) is 13.1 Å². The molecule has 0 aliphatic rings. The molecule has 0 aliphatic carbocycles. The first kappa shape index (κ1) is 21.9. The van der Waals surface area contributed by atoms with Crippen LogP contribution in [0.25, 0.3) is 11.3 Å². The summed E-state index contributed by atoms with van der Waals surface area (Å²) in [5.74, 6) is -0.972. The van der Waals surface area contributed by atoms with Gasteiger partial charge in [-0.1, -0.05) is 17.3 Å². The van der Waals surface area contributed by atoms with Gasteiger partial charge in [-0.15, -0.1) is 0 Å². The molecule has 0 fully saturated rings. The Morgan fingerprint density at radius 1 is 1.06 bits per heavy atom. The lowest BCUT2D eigenvalue weighted by atomic mass is 10.1. The fourth-order valence-electron chi connectivity index (χ4n) is 3.05. The Kier molecular flexibility index (Phi) is 6.25. The van der Waals surface area contributed by atoms with Gasteiger partial charge in [0.05, 0.1) is 5.69 Å². The SMILES string of the molecule is CN(C)c1ccc(CNC(=O)c2nc(Cn3nc(-c4ccc(F)cc4)ccc3=O)no2)cc1. The highest BCUT2D eigenvalue weighted by atomic mass is 19.1. The minimum atomic E-state index is -0.522. The van der Waals surface area contributed by atoms with E-state index in [4.69, 9.17) is 4.52 Å². The molecule has 1 N–H and O–H groups in total. The van der Waals surface area contributed by atoms with E-state index in [-0.39, 0.29) is 29.6 Å². The Bertz CT molecular complexity index is 1310. The van der Waals surface area contributed by atoms with Gasteiger partial charge < -0.3 is 14.7 Å². The largest absolute Gasteiger partial charge is 0.378 e. The summed E-state index contributed by atoms with van der Waals surface area (Å²) in [5.41, 5.74) is 2.73. The average Bonchev–Trinajstić information content (AvgIpc) is 3.28. The third-order valence-electron chi connectivity index (χ3n) is 4.87. The molecule has 0 bridgehead atoms. The molecule has 0 aliphatic heterocycles. The van der Waals surface area contributed by atoms with Crippen molar-refractivity contribution in [3.63, 3.8) is 0 Å². The number of rotatable bonds is 7. The summed E-state index contributed by atoms with van der Waals surface area (Å²) in [5, 5.41) is 10.8. The predicted molar refractivity (Wildman–Crippen MR) is 119 cm³/mol. The minimum absolute atomic E-state index is 0.0867. The van der Waals surface area contributed by atoms with Crippen molar-refractivity contribution in [1.82, 2.24) is 25.2 Å². The van der Waals surface area contributed by atoms with Crippen molar-refractivity contribution in [3.8, 4) is 11.3 Å². The van der Waals surface area contributed by atoms with Gasteiger partial charge in [0, 0.05) is 38.0 Å². The van der Waals surface area contributed by atoms with Crippen molar-refractivity contribution in [2.45, 2.75) is 13.1 Å². The highest BCUT2D eigenvalue weighted by Crippen LogP contribution is 2.16. The summed E-state index contributed by atoms with van der Waals surface area (Å²) in [6.45, 7) is 0.210. The molecule has 0 radical (unpaired) electrons. The normalized spacial score (nSPS) is 10.8. The second-order valence-electron chi connectivity index (χ2n) is 7.48. The Balaban J connectivity index is 1.42. The summed E-state index contributed by atoms with van der Waals surface area (Å²) in [7, 11) is 3.90. The van der Waals surface area contributed by atoms with Gasteiger partial charge in [-0.2, -0.15) is 10.1 Å². The van der Waals surface area contributed by atoms with Crippen LogP contribution in [0.4, 0.5) is 10.1 Å². The molecule has 0 atom stereocenters. The molecule has 4 aromatic rings. The van der Waals surface area contributed by atoms with Crippen LogP contribution < -0.4 is 15.8 Å². The van der Waals surface area contributed by atoms with Crippen LogP contribution in [0.15, 0.2) is 70.0 Å². The molecule has 2 aromatic carbocycles. The Morgan fingerprint density at radius 2 is 1.79 bits per heavy atom. The second kappa shape index (κ2) is 9.43.